The zero-order chi connectivity index (χ0) is 10.3. The summed E-state index contributed by atoms with van der Waals surface area (Å²) in [6, 6.07) is 0. The first-order chi connectivity index (χ1) is 6.13. The first-order valence-electron chi connectivity index (χ1n) is 3.32. The van der Waals surface area contributed by atoms with E-state index in [1.54, 1.807) is 0 Å². The van der Waals surface area contributed by atoms with E-state index in [2.05, 4.69) is 29.2 Å². The van der Waals surface area contributed by atoms with Crippen LogP contribution in [0.15, 0.2) is 38.0 Å². The summed E-state index contributed by atoms with van der Waals surface area (Å²) >= 11 is 0. The number of carbonyl (C=O) groups is 2. The molecule has 0 aromatic heterocycles. The number of esters is 2. The number of carbonyl (C=O) groups excluding carboxylic acids is 2. The minimum absolute atomic E-state index is 0.296. The fraction of sp³-hybridized carbons (Fsp3) is 0. The van der Waals surface area contributed by atoms with E-state index in [4.69, 9.17) is 0 Å². The minimum atomic E-state index is -0.730. The summed E-state index contributed by atoms with van der Waals surface area (Å²) in [7, 11) is 0. The molecule has 0 aromatic carbocycles. The molecule has 0 atom stereocenters. The smallest absolute Gasteiger partial charge is 0.359 e. The van der Waals surface area contributed by atoms with Crippen LogP contribution >= 0.6 is 0 Å². The summed E-state index contributed by atoms with van der Waals surface area (Å²) < 4.78 is 8.94. The van der Waals surface area contributed by atoms with E-state index >= 15 is 0 Å². The molecule has 0 aromatic rings. The zero-order valence-corrected chi connectivity index (χ0v) is 6.99. The predicted molar refractivity (Wildman–Crippen MR) is 46.0 cm³/mol. The second-order valence-corrected chi connectivity index (χ2v) is 1.77. The normalized spacial score (nSPS) is 8.69. The lowest BCUT2D eigenvalue weighted by molar-refractivity contribution is -0.154. The third kappa shape index (κ3) is 4.58. The molecule has 0 aliphatic rings. The molecule has 0 rings (SSSR count). The summed E-state index contributed by atoms with van der Waals surface area (Å²) in [5.74, 6) is -1.46. The van der Waals surface area contributed by atoms with Crippen LogP contribution in [0.5, 0.6) is 0 Å². The molecule has 4 heteroatoms. The van der Waals surface area contributed by atoms with Gasteiger partial charge in [-0.2, -0.15) is 0 Å². The van der Waals surface area contributed by atoms with Gasteiger partial charge < -0.3 is 9.47 Å². The lowest BCUT2D eigenvalue weighted by atomic mass is 10.5. The minimum Gasteiger partial charge on any atom is -0.408 e. The maximum Gasteiger partial charge on any atom is 0.359 e. The van der Waals surface area contributed by atoms with Crippen LogP contribution in [0.1, 0.15) is 0 Å². The molecule has 69 valence electrons. The first kappa shape index (κ1) is 11.2. The largest absolute Gasteiger partial charge is 0.408 e. The van der Waals surface area contributed by atoms with Gasteiger partial charge in [0.2, 0.25) is 0 Å². The van der Waals surface area contributed by atoms with E-state index in [0.717, 1.165) is 18.2 Å². The van der Waals surface area contributed by atoms with Crippen LogP contribution < -0.4 is 0 Å². The molecule has 0 aliphatic carbocycles. The van der Waals surface area contributed by atoms with Crippen molar-refractivity contribution in [3.05, 3.63) is 44.3 Å². The topological polar surface area (TPSA) is 52.6 Å². The van der Waals surface area contributed by atoms with Gasteiger partial charge >= 0.3 is 18.2 Å². The van der Waals surface area contributed by atoms with Crippen LogP contribution in [0.3, 0.4) is 0 Å². The van der Waals surface area contributed by atoms with Gasteiger partial charge in [-0.05, 0) is 0 Å². The van der Waals surface area contributed by atoms with Gasteiger partial charge in [0.15, 0.2) is 0 Å². The summed E-state index contributed by atoms with van der Waals surface area (Å²) in [5, 5.41) is 0. The Morgan fingerprint density at radius 1 is 0.846 bits per heavy atom. The molecule has 1 radical (unpaired) electrons. The van der Waals surface area contributed by atoms with Crippen LogP contribution in [0.25, 0.3) is 0 Å². The van der Waals surface area contributed by atoms with Gasteiger partial charge in [0.05, 0.1) is 0 Å². The highest BCUT2D eigenvalue weighted by Gasteiger charge is 2.14. The Morgan fingerprint density at radius 2 is 1.23 bits per heavy atom. The number of rotatable bonds is 5. The Bertz CT molecular complexity index is 220. The molecule has 0 heterocycles. The van der Waals surface area contributed by atoms with Gasteiger partial charge in [-0.15, -0.1) is 0 Å². The SMILES string of the molecule is C=C[C](OC(=O)C=C)OC(=O)C=C. The Hall–Kier alpha value is -1.84. The highest BCUT2D eigenvalue weighted by Crippen LogP contribution is 2.06. The maximum atomic E-state index is 10.6. The van der Waals surface area contributed by atoms with E-state index in [0.29, 0.717) is 0 Å². The lowest BCUT2D eigenvalue weighted by Crippen LogP contribution is -2.13. The second kappa shape index (κ2) is 5.77. The number of ether oxygens (including phenoxy) is 2. The van der Waals surface area contributed by atoms with E-state index in [1.165, 1.54) is 0 Å². The van der Waals surface area contributed by atoms with Crippen molar-refractivity contribution in [2.75, 3.05) is 0 Å². The van der Waals surface area contributed by atoms with Crippen molar-refractivity contribution < 1.29 is 19.1 Å². The molecule has 0 saturated carbocycles. The maximum absolute atomic E-state index is 10.6. The van der Waals surface area contributed by atoms with Crippen LogP contribution in [-0.2, 0) is 19.1 Å². The highest BCUT2D eigenvalue weighted by molar-refractivity contribution is 5.84. The predicted octanol–water partition coefficient (Wildman–Crippen LogP) is 1.12. The summed E-state index contributed by atoms with van der Waals surface area (Å²) in [5.41, 5.74) is 0. The van der Waals surface area contributed by atoms with Crippen molar-refractivity contribution in [3.8, 4) is 0 Å². The van der Waals surface area contributed by atoms with Crippen molar-refractivity contribution in [3.63, 3.8) is 0 Å². The molecule has 0 spiro atoms. The van der Waals surface area contributed by atoms with Crippen LogP contribution in [0.4, 0.5) is 0 Å². The summed E-state index contributed by atoms with van der Waals surface area (Å²) in [6.45, 7) is 9.60. The van der Waals surface area contributed by atoms with E-state index in [-0.39, 0.29) is 6.29 Å². The molecule has 0 saturated heterocycles. The quantitative estimate of drug-likeness (QED) is 0.471. The van der Waals surface area contributed by atoms with Crippen LogP contribution in [0, 0.1) is 6.29 Å². The summed E-state index contributed by atoms with van der Waals surface area (Å²) in [4.78, 5) is 21.2. The molecule has 0 amide bonds. The molecule has 0 aliphatic heterocycles. The third-order valence-corrected chi connectivity index (χ3v) is 0.902. The van der Waals surface area contributed by atoms with Gasteiger partial charge in [0, 0.05) is 18.2 Å². The molecule has 4 nitrogen and oxygen atoms in total. The third-order valence-electron chi connectivity index (χ3n) is 0.902. The van der Waals surface area contributed by atoms with Crippen molar-refractivity contribution in [2.24, 2.45) is 0 Å². The lowest BCUT2D eigenvalue weighted by Gasteiger charge is -2.08. The van der Waals surface area contributed by atoms with Crippen molar-refractivity contribution >= 4 is 11.9 Å². The molecule has 0 unspecified atom stereocenters. The highest BCUT2D eigenvalue weighted by atomic mass is 16.7. The number of hydrogen-bond donors (Lipinski definition) is 0. The van der Waals surface area contributed by atoms with E-state index < -0.39 is 11.9 Å². The van der Waals surface area contributed by atoms with Gasteiger partial charge in [-0.3, -0.25) is 0 Å². The molecule has 13 heavy (non-hydrogen) atoms. The molecule has 0 fully saturated rings. The summed E-state index contributed by atoms with van der Waals surface area (Å²) in [6.07, 6.45) is 2.66. The van der Waals surface area contributed by atoms with Gasteiger partial charge in [-0.1, -0.05) is 19.7 Å². The van der Waals surface area contributed by atoms with Crippen LogP contribution in [-0.4, -0.2) is 11.9 Å². The monoisotopic (exact) mass is 181 g/mol. The van der Waals surface area contributed by atoms with Gasteiger partial charge in [0.1, 0.15) is 0 Å². The fourth-order valence-electron chi connectivity index (χ4n) is 0.386. The molecule has 0 N–H and O–H groups in total. The Labute approximate surface area is 76.1 Å². The van der Waals surface area contributed by atoms with E-state index in [9.17, 15) is 9.59 Å². The molecular formula is C9H9O4. The average Bonchev–Trinajstić information content (AvgIpc) is 2.16. The second-order valence-electron chi connectivity index (χ2n) is 1.77. The van der Waals surface area contributed by atoms with Crippen molar-refractivity contribution in [1.29, 1.82) is 0 Å². The molecule has 0 bridgehead atoms. The fourth-order valence-corrected chi connectivity index (χ4v) is 0.386. The standard InChI is InChI=1S/C9H9O4/c1-4-7(10)12-9(6-3)13-8(11)5-2/h4-6H,1-3H2. The Balaban J connectivity index is 4.10. The Morgan fingerprint density at radius 3 is 1.46 bits per heavy atom. The first-order valence-corrected chi connectivity index (χ1v) is 3.32. The average molecular weight is 181 g/mol. The van der Waals surface area contributed by atoms with Crippen LogP contribution in [0.2, 0.25) is 0 Å². The molecular weight excluding hydrogens is 172 g/mol. The van der Waals surface area contributed by atoms with Gasteiger partial charge in [-0.25, -0.2) is 9.59 Å². The number of hydrogen-bond acceptors (Lipinski definition) is 4. The van der Waals surface area contributed by atoms with Crippen molar-refractivity contribution in [1.82, 2.24) is 0 Å². The zero-order valence-electron chi connectivity index (χ0n) is 6.99. The van der Waals surface area contributed by atoms with E-state index in [1.807, 2.05) is 0 Å². The Kier molecular flexibility index (Phi) is 4.95. The van der Waals surface area contributed by atoms with Gasteiger partial charge in [0.25, 0.3) is 0 Å². The van der Waals surface area contributed by atoms with Crippen molar-refractivity contribution in [2.45, 2.75) is 0 Å².